The van der Waals surface area contributed by atoms with E-state index in [4.69, 9.17) is 4.74 Å². The van der Waals surface area contributed by atoms with Crippen LogP contribution in [0.15, 0.2) is 24.3 Å². The third-order valence-corrected chi connectivity index (χ3v) is 2.38. The van der Waals surface area contributed by atoms with Gasteiger partial charge in [-0.3, -0.25) is 0 Å². The van der Waals surface area contributed by atoms with Crippen molar-refractivity contribution in [1.29, 1.82) is 0 Å². The molecule has 15 heavy (non-hydrogen) atoms. The van der Waals surface area contributed by atoms with Gasteiger partial charge >= 0.3 is 0 Å². The fraction of sp³-hybridized carbons (Fsp3) is 0.333. The number of fused-ring (bicyclic) bond motifs is 1. The van der Waals surface area contributed by atoms with Gasteiger partial charge in [-0.2, -0.15) is 0 Å². The number of aromatic amines is 1. The van der Waals surface area contributed by atoms with E-state index in [1.807, 2.05) is 24.3 Å². The molecule has 0 unspecified atom stereocenters. The summed E-state index contributed by atoms with van der Waals surface area (Å²) >= 11 is 0. The van der Waals surface area contributed by atoms with Gasteiger partial charge in [0.15, 0.2) is 5.88 Å². The summed E-state index contributed by atoms with van der Waals surface area (Å²) in [6.45, 7) is 2.73. The Bertz CT molecular complexity index is 448. The lowest BCUT2D eigenvalue weighted by Crippen LogP contribution is -1.97. The summed E-state index contributed by atoms with van der Waals surface area (Å²) in [5.74, 6) is 0.695. The van der Waals surface area contributed by atoms with Gasteiger partial charge in [-0.05, 0) is 12.5 Å². The molecule has 2 rings (SSSR count). The standard InChI is InChI=1S/C12H15NO2/c1-2-7-15-12-10(8-14)9-5-3-4-6-11(9)13-12/h3-6,13-14H,2,7-8H2,1H3. The van der Waals surface area contributed by atoms with E-state index in [1.165, 1.54) is 0 Å². The van der Waals surface area contributed by atoms with Gasteiger partial charge in [-0.25, -0.2) is 0 Å². The molecule has 0 bridgehead atoms. The zero-order chi connectivity index (χ0) is 10.7. The average Bonchev–Trinajstić information content (AvgIpc) is 2.63. The highest BCUT2D eigenvalue weighted by Gasteiger charge is 2.10. The van der Waals surface area contributed by atoms with Crippen molar-refractivity contribution in [1.82, 2.24) is 4.98 Å². The largest absolute Gasteiger partial charge is 0.479 e. The summed E-state index contributed by atoms with van der Waals surface area (Å²) in [7, 11) is 0. The molecule has 0 amide bonds. The van der Waals surface area contributed by atoms with E-state index in [0.29, 0.717) is 12.5 Å². The fourth-order valence-electron chi connectivity index (χ4n) is 1.66. The predicted octanol–water partition coefficient (Wildman–Crippen LogP) is 2.45. The number of rotatable bonds is 4. The van der Waals surface area contributed by atoms with Crippen molar-refractivity contribution in [3.8, 4) is 5.88 Å². The number of para-hydroxylation sites is 1. The van der Waals surface area contributed by atoms with Crippen molar-refractivity contribution < 1.29 is 9.84 Å². The number of hydrogen-bond donors (Lipinski definition) is 2. The number of H-pyrrole nitrogens is 1. The minimum atomic E-state index is 0.00304. The lowest BCUT2D eigenvalue weighted by atomic mass is 10.2. The lowest BCUT2D eigenvalue weighted by molar-refractivity contribution is 0.261. The highest BCUT2D eigenvalue weighted by Crippen LogP contribution is 2.27. The molecule has 0 aliphatic carbocycles. The van der Waals surface area contributed by atoms with Crippen LogP contribution >= 0.6 is 0 Å². The SMILES string of the molecule is CCCOc1[nH]c2ccccc2c1CO. The Morgan fingerprint density at radius 1 is 1.33 bits per heavy atom. The highest BCUT2D eigenvalue weighted by atomic mass is 16.5. The summed E-state index contributed by atoms with van der Waals surface area (Å²) in [6, 6.07) is 7.88. The molecule has 2 aromatic rings. The molecule has 0 aliphatic rings. The van der Waals surface area contributed by atoms with Gasteiger partial charge < -0.3 is 14.8 Å². The minimum Gasteiger partial charge on any atom is -0.479 e. The van der Waals surface area contributed by atoms with E-state index in [0.717, 1.165) is 22.9 Å². The number of nitrogens with one attached hydrogen (secondary N) is 1. The zero-order valence-corrected chi connectivity index (χ0v) is 8.79. The molecule has 1 aromatic carbocycles. The van der Waals surface area contributed by atoms with Crippen molar-refractivity contribution in [2.45, 2.75) is 20.0 Å². The highest BCUT2D eigenvalue weighted by molar-refractivity contribution is 5.85. The summed E-state index contributed by atoms with van der Waals surface area (Å²) in [4.78, 5) is 3.17. The molecule has 0 saturated heterocycles. The van der Waals surface area contributed by atoms with E-state index in [9.17, 15) is 5.11 Å². The van der Waals surface area contributed by atoms with Gasteiger partial charge in [0.25, 0.3) is 0 Å². The predicted molar refractivity (Wildman–Crippen MR) is 60.0 cm³/mol. The van der Waals surface area contributed by atoms with Crippen LogP contribution in [0.3, 0.4) is 0 Å². The van der Waals surface area contributed by atoms with Crippen LogP contribution in [0.4, 0.5) is 0 Å². The molecule has 3 nitrogen and oxygen atoms in total. The Labute approximate surface area is 88.7 Å². The van der Waals surface area contributed by atoms with E-state index in [1.54, 1.807) is 0 Å². The van der Waals surface area contributed by atoms with Gasteiger partial charge in [0.05, 0.1) is 13.2 Å². The van der Waals surface area contributed by atoms with Crippen molar-refractivity contribution in [3.63, 3.8) is 0 Å². The van der Waals surface area contributed by atoms with Gasteiger partial charge in [-0.1, -0.05) is 25.1 Å². The number of aromatic nitrogens is 1. The number of aliphatic hydroxyl groups is 1. The first-order valence-corrected chi connectivity index (χ1v) is 5.20. The molecule has 0 fully saturated rings. The molecule has 80 valence electrons. The van der Waals surface area contributed by atoms with Crippen molar-refractivity contribution in [2.75, 3.05) is 6.61 Å². The third kappa shape index (κ3) is 1.83. The molecular formula is C12H15NO2. The quantitative estimate of drug-likeness (QED) is 0.805. The minimum absolute atomic E-state index is 0.00304. The van der Waals surface area contributed by atoms with Crippen LogP contribution in [0.25, 0.3) is 10.9 Å². The molecule has 0 spiro atoms. The van der Waals surface area contributed by atoms with Crippen LogP contribution in [-0.2, 0) is 6.61 Å². The maximum atomic E-state index is 9.30. The van der Waals surface area contributed by atoms with E-state index >= 15 is 0 Å². The Balaban J connectivity index is 2.44. The number of ether oxygens (including phenoxy) is 1. The van der Waals surface area contributed by atoms with Gasteiger partial charge in [-0.15, -0.1) is 0 Å². The summed E-state index contributed by atoms with van der Waals surface area (Å²) in [5, 5.41) is 10.3. The fourth-order valence-corrected chi connectivity index (χ4v) is 1.66. The lowest BCUT2D eigenvalue weighted by Gasteiger charge is -2.03. The van der Waals surface area contributed by atoms with Crippen LogP contribution in [0.2, 0.25) is 0 Å². The van der Waals surface area contributed by atoms with Crippen LogP contribution in [-0.4, -0.2) is 16.7 Å². The molecule has 0 radical (unpaired) electrons. The number of hydrogen-bond acceptors (Lipinski definition) is 2. The maximum Gasteiger partial charge on any atom is 0.197 e. The van der Waals surface area contributed by atoms with Crippen molar-refractivity contribution in [2.24, 2.45) is 0 Å². The Morgan fingerprint density at radius 3 is 2.87 bits per heavy atom. The zero-order valence-electron chi connectivity index (χ0n) is 8.79. The molecule has 1 aromatic heterocycles. The van der Waals surface area contributed by atoms with E-state index in [-0.39, 0.29) is 6.61 Å². The van der Waals surface area contributed by atoms with Crippen LogP contribution in [0, 0.1) is 0 Å². The second kappa shape index (κ2) is 4.36. The Morgan fingerprint density at radius 2 is 2.13 bits per heavy atom. The number of aliphatic hydroxyl groups excluding tert-OH is 1. The topological polar surface area (TPSA) is 45.2 Å². The molecule has 3 heteroatoms. The smallest absolute Gasteiger partial charge is 0.197 e. The number of benzene rings is 1. The molecule has 0 atom stereocenters. The maximum absolute atomic E-state index is 9.30. The molecule has 0 aliphatic heterocycles. The molecule has 0 saturated carbocycles. The summed E-state index contributed by atoms with van der Waals surface area (Å²) in [6.07, 6.45) is 0.959. The van der Waals surface area contributed by atoms with Gasteiger partial charge in [0.2, 0.25) is 0 Å². The molecule has 1 heterocycles. The first-order valence-electron chi connectivity index (χ1n) is 5.20. The summed E-state index contributed by atoms with van der Waals surface area (Å²) < 4.78 is 5.55. The third-order valence-electron chi connectivity index (χ3n) is 2.38. The van der Waals surface area contributed by atoms with E-state index in [2.05, 4.69) is 11.9 Å². The monoisotopic (exact) mass is 205 g/mol. The van der Waals surface area contributed by atoms with Crippen LogP contribution in [0.5, 0.6) is 5.88 Å². The van der Waals surface area contributed by atoms with Gasteiger partial charge in [0, 0.05) is 16.5 Å². The molecule has 2 N–H and O–H groups in total. The average molecular weight is 205 g/mol. The summed E-state index contributed by atoms with van der Waals surface area (Å²) in [5.41, 5.74) is 1.85. The van der Waals surface area contributed by atoms with Crippen molar-refractivity contribution >= 4 is 10.9 Å². The Kier molecular flexibility index (Phi) is 2.92. The van der Waals surface area contributed by atoms with Gasteiger partial charge in [0.1, 0.15) is 0 Å². The molecular weight excluding hydrogens is 190 g/mol. The first-order chi connectivity index (χ1) is 7.36. The second-order valence-corrected chi connectivity index (χ2v) is 3.48. The van der Waals surface area contributed by atoms with E-state index < -0.39 is 0 Å². The normalized spacial score (nSPS) is 10.8. The first kappa shape index (κ1) is 10.1. The van der Waals surface area contributed by atoms with Crippen LogP contribution in [0.1, 0.15) is 18.9 Å². The second-order valence-electron chi connectivity index (χ2n) is 3.48. The Hall–Kier alpha value is -1.48. The van der Waals surface area contributed by atoms with Crippen molar-refractivity contribution in [3.05, 3.63) is 29.8 Å². The van der Waals surface area contributed by atoms with Crippen LogP contribution < -0.4 is 4.74 Å².